The first kappa shape index (κ1) is 25.4. The Morgan fingerprint density at radius 2 is 1.86 bits per heavy atom. The second-order valence-corrected chi connectivity index (χ2v) is 10.2. The van der Waals surface area contributed by atoms with Gasteiger partial charge in [-0.15, -0.1) is 0 Å². The number of hydrogen-bond acceptors (Lipinski definition) is 7. The molecule has 3 aromatic rings. The number of aromatic carboxylic acids is 1. The zero-order valence-corrected chi connectivity index (χ0v) is 20.8. The fraction of sp³-hybridized carbons (Fsp3) is 0.222. The lowest BCUT2D eigenvalue weighted by Gasteiger charge is -2.16. The molecular weight excluding hydrogens is 484 g/mol. The molecule has 0 amide bonds. The summed E-state index contributed by atoms with van der Waals surface area (Å²) in [6.07, 6.45) is 2.56. The quantitative estimate of drug-likeness (QED) is 0.382. The molecule has 0 aliphatic carbocycles. The SMILES string of the molecule is Cc1ccc(S(=O)(=O)OC2OCc3cc(CC=Cc4c(C)cccc4C(=O)O)c(O)c(C)c32)cc1O. The van der Waals surface area contributed by atoms with E-state index < -0.39 is 22.4 Å². The molecule has 188 valence electrons. The maximum atomic E-state index is 12.8. The number of aromatic hydroxyl groups is 2. The van der Waals surface area contributed by atoms with E-state index in [2.05, 4.69) is 0 Å². The standard InChI is InChI=1S/C27H26O8S/c1-15-6-4-9-22(26(30)31)21(15)8-5-7-18-12-19-14-34-27(24(19)17(3)25(18)29)35-36(32,33)20-11-10-16(2)23(28)13-20/h4-6,8-13,27-29H,7,14H2,1-3H3,(H,30,31). The van der Waals surface area contributed by atoms with Gasteiger partial charge in [0.05, 0.1) is 17.1 Å². The summed E-state index contributed by atoms with van der Waals surface area (Å²) >= 11 is 0. The average Bonchev–Trinajstić information content (AvgIpc) is 3.21. The highest BCUT2D eigenvalue weighted by atomic mass is 32.2. The van der Waals surface area contributed by atoms with E-state index >= 15 is 0 Å². The van der Waals surface area contributed by atoms with Crippen molar-refractivity contribution in [2.24, 2.45) is 0 Å². The molecule has 9 heteroatoms. The van der Waals surface area contributed by atoms with Crippen molar-refractivity contribution < 1.29 is 37.5 Å². The molecule has 0 aromatic heterocycles. The van der Waals surface area contributed by atoms with Crippen molar-refractivity contribution in [3.8, 4) is 11.5 Å². The third-order valence-electron chi connectivity index (χ3n) is 6.24. The number of hydrogen-bond donors (Lipinski definition) is 3. The maximum Gasteiger partial charge on any atom is 0.336 e. The second-order valence-electron chi connectivity index (χ2n) is 8.67. The van der Waals surface area contributed by atoms with Crippen molar-refractivity contribution in [3.63, 3.8) is 0 Å². The van der Waals surface area contributed by atoms with Gasteiger partial charge in [-0.2, -0.15) is 8.42 Å². The lowest BCUT2D eigenvalue weighted by atomic mass is 9.96. The Labute approximate surface area is 209 Å². The van der Waals surface area contributed by atoms with Crippen molar-refractivity contribution in [2.75, 3.05) is 0 Å². The number of phenols is 2. The number of fused-ring (bicyclic) bond motifs is 1. The van der Waals surface area contributed by atoms with Gasteiger partial charge < -0.3 is 20.1 Å². The normalized spacial score (nSPS) is 15.4. The predicted octanol–water partition coefficient (Wildman–Crippen LogP) is 4.91. The lowest BCUT2D eigenvalue weighted by molar-refractivity contribution is -0.0689. The van der Waals surface area contributed by atoms with E-state index in [0.29, 0.717) is 39.8 Å². The van der Waals surface area contributed by atoms with Gasteiger partial charge in [0.25, 0.3) is 10.1 Å². The van der Waals surface area contributed by atoms with Crippen LogP contribution in [0.25, 0.3) is 6.08 Å². The summed E-state index contributed by atoms with van der Waals surface area (Å²) in [5, 5.41) is 30.2. The van der Waals surface area contributed by atoms with Crippen LogP contribution >= 0.6 is 0 Å². The summed E-state index contributed by atoms with van der Waals surface area (Å²) in [7, 11) is -4.25. The Hall–Kier alpha value is -3.66. The first-order valence-electron chi connectivity index (χ1n) is 11.2. The van der Waals surface area contributed by atoms with Crippen molar-refractivity contribution in [2.45, 2.75) is 45.0 Å². The Morgan fingerprint density at radius 3 is 2.56 bits per heavy atom. The van der Waals surface area contributed by atoms with E-state index in [4.69, 9.17) is 8.92 Å². The van der Waals surface area contributed by atoms with Crippen LogP contribution in [0.4, 0.5) is 0 Å². The van der Waals surface area contributed by atoms with Gasteiger partial charge in [-0.25, -0.2) is 8.98 Å². The van der Waals surface area contributed by atoms with Gasteiger partial charge in [-0.05, 0) is 78.8 Å². The number of ether oxygens (including phenoxy) is 1. The largest absolute Gasteiger partial charge is 0.508 e. The molecule has 8 nitrogen and oxygen atoms in total. The molecule has 1 aliphatic heterocycles. The number of allylic oxidation sites excluding steroid dienone is 1. The number of carbonyl (C=O) groups is 1. The average molecular weight is 511 g/mol. The summed E-state index contributed by atoms with van der Waals surface area (Å²) in [5.74, 6) is -1.21. The third kappa shape index (κ3) is 4.86. The van der Waals surface area contributed by atoms with Gasteiger partial charge in [-0.3, -0.25) is 0 Å². The third-order valence-corrected chi connectivity index (χ3v) is 7.50. The van der Waals surface area contributed by atoms with Crippen molar-refractivity contribution in [1.29, 1.82) is 0 Å². The number of phenolic OH excluding ortho intramolecular Hbond substituents is 2. The Morgan fingerprint density at radius 1 is 1.11 bits per heavy atom. The van der Waals surface area contributed by atoms with Crippen LogP contribution in [-0.2, 0) is 32.1 Å². The predicted molar refractivity (Wildman–Crippen MR) is 132 cm³/mol. The van der Waals surface area contributed by atoms with Crippen LogP contribution in [0.2, 0.25) is 0 Å². The van der Waals surface area contributed by atoms with Gasteiger partial charge in [-0.1, -0.05) is 30.4 Å². The monoisotopic (exact) mass is 510 g/mol. The lowest BCUT2D eigenvalue weighted by Crippen LogP contribution is -2.12. The number of aryl methyl sites for hydroxylation is 2. The van der Waals surface area contributed by atoms with Gasteiger partial charge in [0.15, 0.2) is 0 Å². The van der Waals surface area contributed by atoms with Crippen molar-refractivity contribution in [1.82, 2.24) is 0 Å². The van der Waals surface area contributed by atoms with Crippen molar-refractivity contribution in [3.05, 3.63) is 93.0 Å². The van der Waals surface area contributed by atoms with Crippen LogP contribution < -0.4 is 0 Å². The van der Waals surface area contributed by atoms with E-state index in [9.17, 15) is 28.5 Å². The number of rotatable bonds is 7. The zero-order valence-electron chi connectivity index (χ0n) is 20.0. The molecule has 1 aliphatic rings. The van der Waals surface area contributed by atoms with Gasteiger partial charge >= 0.3 is 5.97 Å². The minimum atomic E-state index is -4.25. The topological polar surface area (TPSA) is 130 Å². The number of benzene rings is 3. The van der Waals surface area contributed by atoms with Crippen LogP contribution in [-0.4, -0.2) is 29.7 Å². The minimum absolute atomic E-state index is 0.0221. The molecule has 1 unspecified atom stereocenters. The maximum absolute atomic E-state index is 12.8. The Bertz CT molecular complexity index is 1490. The Kier molecular flexibility index (Phi) is 6.90. The molecule has 0 spiro atoms. The van der Waals surface area contributed by atoms with Crippen LogP contribution in [0.3, 0.4) is 0 Å². The van der Waals surface area contributed by atoms with E-state index in [-0.39, 0.29) is 28.6 Å². The molecule has 1 heterocycles. The van der Waals surface area contributed by atoms with Crippen LogP contribution in [0.1, 0.15) is 55.6 Å². The summed E-state index contributed by atoms with van der Waals surface area (Å²) < 4.78 is 36.5. The first-order valence-corrected chi connectivity index (χ1v) is 12.6. The van der Waals surface area contributed by atoms with Crippen LogP contribution in [0.15, 0.2) is 53.4 Å². The molecule has 0 saturated heterocycles. The van der Waals surface area contributed by atoms with Crippen molar-refractivity contribution >= 4 is 22.2 Å². The molecule has 1 atom stereocenters. The highest BCUT2D eigenvalue weighted by Gasteiger charge is 2.33. The fourth-order valence-corrected chi connectivity index (χ4v) is 5.18. The summed E-state index contributed by atoms with van der Waals surface area (Å²) in [6.45, 7) is 5.22. The number of carboxylic acids is 1. The van der Waals surface area contributed by atoms with Crippen LogP contribution in [0.5, 0.6) is 11.5 Å². The van der Waals surface area contributed by atoms with Crippen LogP contribution in [0, 0.1) is 20.8 Å². The van der Waals surface area contributed by atoms with E-state index in [0.717, 1.165) is 11.6 Å². The van der Waals surface area contributed by atoms with E-state index in [1.54, 1.807) is 38.1 Å². The molecule has 3 aromatic carbocycles. The Balaban J connectivity index is 1.59. The smallest absolute Gasteiger partial charge is 0.336 e. The van der Waals surface area contributed by atoms with Gasteiger partial charge in [0, 0.05) is 11.6 Å². The molecular formula is C27H26O8S. The summed E-state index contributed by atoms with van der Waals surface area (Å²) in [5.41, 5.74) is 4.27. The van der Waals surface area contributed by atoms with E-state index in [1.807, 2.05) is 13.0 Å². The fourth-order valence-electron chi connectivity index (χ4n) is 4.20. The molecule has 3 N–H and O–H groups in total. The van der Waals surface area contributed by atoms with E-state index in [1.165, 1.54) is 18.2 Å². The molecule has 4 rings (SSSR count). The second kappa shape index (κ2) is 9.77. The highest BCUT2D eigenvalue weighted by Crippen LogP contribution is 2.41. The molecule has 36 heavy (non-hydrogen) atoms. The van der Waals surface area contributed by atoms with Gasteiger partial charge in [0.2, 0.25) is 6.29 Å². The van der Waals surface area contributed by atoms with Gasteiger partial charge in [0.1, 0.15) is 11.5 Å². The highest BCUT2D eigenvalue weighted by molar-refractivity contribution is 7.86. The first-order chi connectivity index (χ1) is 17.0. The number of carboxylic acid groups (broad SMARTS) is 1. The molecule has 0 fully saturated rings. The minimum Gasteiger partial charge on any atom is -0.508 e. The summed E-state index contributed by atoms with van der Waals surface area (Å²) in [6, 6.07) is 10.7. The molecule has 0 bridgehead atoms. The summed E-state index contributed by atoms with van der Waals surface area (Å²) in [4.78, 5) is 11.3. The molecule has 0 saturated carbocycles. The zero-order chi connectivity index (χ0) is 26.2. The molecule has 0 radical (unpaired) electrons.